The first-order valence-corrected chi connectivity index (χ1v) is 20.9. The van der Waals surface area contributed by atoms with Gasteiger partial charge in [-0.1, -0.05) is 19.3 Å². The second-order valence-electron chi connectivity index (χ2n) is 13.0. The van der Waals surface area contributed by atoms with Crippen LogP contribution in [0.25, 0.3) is 0 Å². The normalized spacial score (nSPS) is 17.1. The molecule has 1 unspecified atom stereocenters. The van der Waals surface area contributed by atoms with Crippen LogP contribution in [0, 0.1) is 6.92 Å². The molecule has 52 heavy (non-hydrogen) atoms. The fraction of sp³-hybridized carbons (Fsp3) is 0.710. The van der Waals surface area contributed by atoms with E-state index in [1.165, 1.54) is 32.1 Å². The quantitative estimate of drug-likeness (QED) is 0.0631. The van der Waals surface area contributed by atoms with Crippen molar-refractivity contribution in [3.8, 4) is 0 Å². The number of aryl methyl sites for hydroxylation is 2. The van der Waals surface area contributed by atoms with Gasteiger partial charge in [-0.05, 0) is 71.5 Å². The van der Waals surface area contributed by atoms with Crippen LogP contribution in [0.2, 0.25) is 0 Å². The molecular formula is C31H53N9O10P2. The molecule has 1 saturated carbocycles. The Morgan fingerprint density at radius 2 is 1.69 bits per heavy atom. The maximum atomic E-state index is 12.6. The number of carbonyl (C=O) groups excluding carboxylic acids is 2. The third kappa shape index (κ3) is 16.4. The molecule has 0 bridgehead atoms. The van der Waals surface area contributed by atoms with Gasteiger partial charge in [0.2, 0.25) is 17.7 Å². The number of anilines is 2. The molecule has 8 N–H and O–H groups in total. The Bertz CT molecular complexity index is 1510. The van der Waals surface area contributed by atoms with Gasteiger partial charge in [0.25, 0.3) is 0 Å². The number of aromatic nitrogens is 3. The SMILES string of the molecule is Cc1cc(NC2CCN(C(=O)CCNCC(=O)OP(=O)(O)OP(=O)(O)O)CC2)nc(NCc2nc(CCCNCCCNC3CCCCC3)co2)n1. The number of nitrogens with one attached hydrogen (secondary N) is 5. The van der Waals surface area contributed by atoms with Gasteiger partial charge in [-0.25, -0.2) is 19.1 Å². The number of hydrogen-bond acceptors (Lipinski definition) is 15. The first kappa shape index (κ1) is 41.8. The fourth-order valence-corrected chi connectivity index (χ4v) is 7.64. The van der Waals surface area contributed by atoms with Crippen LogP contribution in [0.3, 0.4) is 0 Å². The predicted octanol–water partition coefficient (Wildman–Crippen LogP) is 2.36. The number of hydrogen-bond donors (Lipinski definition) is 8. The van der Waals surface area contributed by atoms with E-state index in [0.717, 1.165) is 50.3 Å². The third-order valence-electron chi connectivity index (χ3n) is 8.62. The molecule has 1 atom stereocenters. The molecule has 3 heterocycles. The van der Waals surface area contributed by atoms with Crippen LogP contribution in [0.1, 0.15) is 81.5 Å². The van der Waals surface area contributed by atoms with Crippen molar-refractivity contribution in [2.24, 2.45) is 0 Å². The molecule has 4 rings (SSSR count). The zero-order valence-electron chi connectivity index (χ0n) is 29.6. The van der Waals surface area contributed by atoms with Gasteiger partial charge >= 0.3 is 21.6 Å². The minimum absolute atomic E-state index is 0.0584. The van der Waals surface area contributed by atoms with Crippen LogP contribution in [0.15, 0.2) is 16.7 Å². The van der Waals surface area contributed by atoms with Crippen LogP contribution in [-0.4, -0.2) is 104 Å². The molecule has 1 saturated heterocycles. The van der Waals surface area contributed by atoms with Gasteiger partial charge in [0.15, 0.2) is 0 Å². The van der Waals surface area contributed by atoms with Crippen molar-refractivity contribution >= 4 is 39.3 Å². The highest BCUT2D eigenvalue weighted by atomic mass is 31.3. The smallest absolute Gasteiger partial charge is 0.447 e. The summed E-state index contributed by atoms with van der Waals surface area (Å²) < 4.78 is 35.4. The molecule has 2 aromatic rings. The monoisotopic (exact) mass is 773 g/mol. The van der Waals surface area contributed by atoms with Gasteiger partial charge in [-0.15, -0.1) is 0 Å². The number of carbonyl (C=O) groups is 2. The Morgan fingerprint density at radius 1 is 0.942 bits per heavy atom. The Kier molecular flexibility index (Phi) is 16.9. The third-order valence-corrected chi connectivity index (χ3v) is 10.7. The van der Waals surface area contributed by atoms with Gasteiger partial charge in [0.05, 0.1) is 18.8 Å². The van der Waals surface area contributed by atoms with E-state index in [0.29, 0.717) is 56.2 Å². The molecule has 1 aliphatic heterocycles. The number of nitrogens with zero attached hydrogens (tertiary/aromatic N) is 4. The Labute approximate surface area is 303 Å². The number of piperidine rings is 1. The first-order chi connectivity index (χ1) is 24.8. The molecule has 0 radical (unpaired) electrons. The second kappa shape index (κ2) is 21.0. The lowest BCUT2D eigenvalue weighted by molar-refractivity contribution is -0.135. The topological polar surface area (TPSA) is 263 Å². The minimum atomic E-state index is -5.34. The Hall–Kier alpha value is -2.99. The maximum absolute atomic E-state index is 12.6. The summed E-state index contributed by atoms with van der Waals surface area (Å²) in [6.07, 6.45) is 12.8. The van der Waals surface area contributed by atoms with Crippen LogP contribution in [0.4, 0.5) is 11.8 Å². The minimum Gasteiger partial charge on any atom is -0.447 e. The highest BCUT2D eigenvalue weighted by Crippen LogP contribution is 2.57. The summed E-state index contributed by atoms with van der Waals surface area (Å²) in [6.45, 7) is 5.78. The van der Waals surface area contributed by atoms with Crippen LogP contribution < -0.4 is 26.6 Å². The van der Waals surface area contributed by atoms with Crippen LogP contribution in [-0.2, 0) is 40.5 Å². The lowest BCUT2D eigenvalue weighted by Crippen LogP contribution is -2.43. The molecule has 21 heteroatoms. The summed E-state index contributed by atoms with van der Waals surface area (Å²) in [5, 5.41) is 16.4. The van der Waals surface area contributed by atoms with Crippen molar-refractivity contribution in [1.82, 2.24) is 35.8 Å². The van der Waals surface area contributed by atoms with Gasteiger partial charge in [0.1, 0.15) is 12.1 Å². The molecule has 2 fully saturated rings. The molecule has 0 aromatic carbocycles. The lowest BCUT2D eigenvalue weighted by Gasteiger charge is -2.32. The van der Waals surface area contributed by atoms with E-state index >= 15 is 0 Å². The second-order valence-corrected chi connectivity index (χ2v) is 15.8. The van der Waals surface area contributed by atoms with Crippen LogP contribution in [0.5, 0.6) is 0 Å². The van der Waals surface area contributed by atoms with Crippen molar-refractivity contribution in [2.75, 3.05) is 56.4 Å². The van der Waals surface area contributed by atoms with E-state index in [2.05, 4.69) is 50.4 Å². The highest BCUT2D eigenvalue weighted by Gasteiger charge is 2.35. The summed E-state index contributed by atoms with van der Waals surface area (Å²) in [7, 11) is -10.6. The summed E-state index contributed by atoms with van der Waals surface area (Å²) in [5.41, 5.74) is 1.70. The van der Waals surface area contributed by atoms with Crippen LogP contribution >= 0.6 is 15.6 Å². The predicted molar refractivity (Wildman–Crippen MR) is 191 cm³/mol. The van der Waals surface area contributed by atoms with Crippen molar-refractivity contribution in [1.29, 1.82) is 0 Å². The summed E-state index contributed by atoms with van der Waals surface area (Å²) in [4.78, 5) is 66.0. The van der Waals surface area contributed by atoms with E-state index in [1.807, 2.05) is 13.0 Å². The molecule has 1 amide bonds. The van der Waals surface area contributed by atoms with Gasteiger partial charge in [0, 0.05) is 49.9 Å². The van der Waals surface area contributed by atoms with Crippen molar-refractivity contribution in [3.05, 3.63) is 29.6 Å². The number of likely N-dealkylation sites (tertiary alicyclic amines) is 1. The largest absolute Gasteiger partial charge is 0.538 e. The average Bonchev–Trinajstić information content (AvgIpc) is 3.54. The summed E-state index contributed by atoms with van der Waals surface area (Å²) >= 11 is 0. The van der Waals surface area contributed by atoms with Crippen molar-refractivity contribution in [2.45, 2.75) is 96.2 Å². The molecule has 0 spiro atoms. The zero-order valence-corrected chi connectivity index (χ0v) is 31.4. The van der Waals surface area contributed by atoms with Gasteiger partial charge in [-0.2, -0.15) is 9.29 Å². The molecule has 2 aliphatic rings. The Morgan fingerprint density at radius 3 is 2.44 bits per heavy atom. The summed E-state index contributed by atoms with van der Waals surface area (Å²) in [6, 6.07) is 2.66. The van der Waals surface area contributed by atoms with E-state index < -0.39 is 28.2 Å². The standard InChI is InChI=1S/C31H53N9O10P2/c1-23-19-27(37-25-11-17-40(18-12-25)29(41)10-16-33-21-30(42)49-52(46,47)50-51(43,44)45)39-31(36-23)35-20-28-38-26(22-48-28)9-5-13-32-14-6-15-34-24-7-3-2-4-8-24/h19,22,24-25,32-34H,2-18,20-21H2,1H3,(H,46,47)(H2,43,44,45)(H2,35,36,37,39). The molecule has 2 aromatic heterocycles. The number of rotatable bonds is 22. The molecular weight excluding hydrogens is 720 g/mol. The van der Waals surface area contributed by atoms with Crippen molar-refractivity contribution < 1.29 is 46.7 Å². The van der Waals surface area contributed by atoms with Gasteiger partial charge in [-0.3, -0.25) is 14.5 Å². The molecule has 19 nitrogen and oxygen atoms in total. The average molecular weight is 774 g/mol. The summed E-state index contributed by atoms with van der Waals surface area (Å²) in [5.74, 6) is 0.263. The number of phosphoric ester groups is 1. The van der Waals surface area contributed by atoms with E-state index in [1.54, 1.807) is 11.2 Å². The van der Waals surface area contributed by atoms with Crippen molar-refractivity contribution in [3.63, 3.8) is 0 Å². The number of oxazole rings is 1. The van der Waals surface area contributed by atoms with E-state index in [-0.39, 0.29) is 24.9 Å². The highest BCUT2D eigenvalue weighted by molar-refractivity contribution is 7.61. The molecule has 1 aliphatic carbocycles. The zero-order chi connectivity index (χ0) is 37.4. The number of phosphoric acid groups is 2. The first-order valence-electron chi connectivity index (χ1n) is 17.9. The van der Waals surface area contributed by atoms with E-state index in [4.69, 9.17) is 14.2 Å². The lowest BCUT2D eigenvalue weighted by atomic mass is 9.95. The molecule has 292 valence electrons. The van der Waals surface area contributed by atoms with Gasteiger partial charge < -0.3 is 50.2 Å². The van der Waals surface area contributed by atoms with E-state index in [9.17, 15) is 23.6 Å². The maximum Gasteiger partial charge on any atom is 0.538 e. The number of amides is 1. The Balaban J connectivity index is 1.07. The fourth-order valence-electron chi connectivity index (χ4n) is 6.11.